The molecule has 0 radical (unpaired) electrons. The van der Waals surface area contributed by atoms with Crippen molar-refractivity contribution in [3.63, 3.8) is 0 Å². The van der Waals surface area contributed by atoms with Crippen molar-refractivity contribution in [3.05, 3.63) is 80.2 Å². The molecule has 5 rings (SSSR count). The van der Waals surface area contributed by atoms with Crippen LogP contribution in [0.5, 0.6) is 0 Å². The van der Waals surface area contributed by atoms with E-state index in [0.29, 0.717) is 23.7 Å². The Morgan fingerprint density at radius 1 is 1.10 bits per heavy atom. The molecule has 0 atom stereocenters. The smallest absolute Gasteiger partial charge is 0.279 e. The number of fused-ring (bicyclic) bond motifs is 2. The molecule has 0 unspecified atom stereocenters. The molecule has 7 nitrogen and oxygen atoms in total. The maximum absolute atomic E-state index is 13.0. The predicted octanol–water partition coefficient (Wildman–Crippen LogP) is 3.76. The third kappa shape index (κ3) is 3.67. The molecule has 1 aliphatic rings. The number of anilines is 1. The standard InChI is InChI=1S/C23H20BrN5O2/c1-14-5-7-15(8-6-14)21-26-23-28(13-20(30)25-17-11-9-16(24)10-12-17)19-4-2-3-18(19)22(31)29(23)27-21/h5-12H,2-4,13H2,1H3,(H,25,30). The van der Waals surface area contributed by atoms with Crippen LogP contribution in [-0.2, 0) is 24.2 Å². The van der Waals surface area contributed by atoms with Crippen LogP contribution < -0.4 is 10.9 Å². The minimum Gasteiger partial charge on any atom is -0.325 e. The van der Waals surface area contributed by atoms with Gasteiger partial charge in [-0.15, -0.1) is 5.10 Å². The van der Waals surface area contributed by atoms with E-state index in [1.807, 2.05) is 60.0 Å². The molecule has 31 heavy (non-hydrogen) atoms. The first-order chi connectivity index (χ1) is 15.0. The molecule has 4 aromatic rings. The highest BCUT2D eigenvalue weighted by Crippen LogP contribution is 2.23. The summed E-state index contributed by atoms with van der Waals surface area (Å²) in [6.07, 6.45) is 2.33. The first-order valence-corrected chi connectivity index (χ1v) is 10.9. The molecular weight excluding hydrogens is 458 g/mol. The lowest BCUT2D eigenvalue weighted by Crippen LogP contribution is -2.28. The average Bonchev–Trinajstić information content (AvgIpc) is 3.41. The first-order valence-electron chi connectivity index (χ1n) is 10.1. The molecule has 2 aromatic carbocycles. The number of nitrogens with zero attached hydrogens (tertiary/aromatic N) is 4. The quantitative estimate of drug-likeness (QED) is 0.485. The summed E-state index contributed by atoms with van der Waals surface area (Å²) in [5, 5.41) is 7.40. The number of hydrogen-bond donors (Lipinski definition) is 1. The summed E-state index contributed by atoms with van der Waals surface area (Å²) < 4.78 is 4.12. The van der Waals surface area contributed by atoms with Crippen molar-refractivity contribution >= 4 is 33.3 Å². The summed E-state index contributed by atoms with van der Waals surface area (Å²) >= 11 is 3.39. The van der Waals surface area contributed by atoms with Crippen molar-refractivity contribution in [2.24, 2.45) is 0 Å². The van der Waals surface area contributed by atoms with E-state index in [4.69, 9.17) is 0 Å². The Kier molecular flexibility index (Phi) is 4.94. The Bertz CT molecular complexity index is 1350. The Morgan fingerprint density at radius 3 is 2.58 bits per heavy atom. The highest BCUT2D eigenvalue weighted by molar-refractivity contribution is 9.10. The third-order valence-corrected chi connectivity index (χ3v) is 6.06. The second-order valence-corrected chi connectivity index (χ2v) is 8.65. The number of carbonyl (C=O) groups is 1. The molecular formula is C23H20BrN5O2. The van der Waals surface area contributed by atoms with E-state index in [0.717, 1.165) is 39.7 Å². The number of aryl methyl sites for hydroxylation is 1. The van der Waals surface area contributed by atoms with Crippen molar-refractivity contribution in [2.75, 3.05) is 5.32 Å². The van der Waals surface area contributed by atoms with Gasteiger partial charge in [0.1, 0.15) is 6.54 Å². The van der Waals surface area contributed by atoms with Crippen molar-refractivity contribution < 1.29 is 4.79 Å². The summed E-state index contributed by atoms with van der Waals surface area (Å²) in [4.78, 5) is 30.5. The molecule has 8 heteroatoms. The SMILES string of the molecule is Cc1ccc(-c2nc3n(CC(=O)Nc4ccc(Br)cc4)c4c(c(=O)n3n2)CCC4)cc1. The van der Waals surface area contributed by atoms with Crippen LogP contribution in [0.4, 0.5) is 5.69 Å². The second-order valence-electron chi connectivity index (χ2n) is 7.74. The molecule has 1 amide bonds. The normalized spacial score (nSPS) is 12.8. The van der Waals surface area contributed by atoms with Gasteiger partial charge in [0.05, 0.1) is 0 Å². The fourth-order valence-electron chi connectivity index (χ4n) is 3.99. The summed E-state index contributed by atoms with van der Waals surface area (Å²) in [7, 11) is 0. The first kappa shape index (κ1) is 19.7. The highest BCUT2D eigenvalue weighted by Gasteiger charge is 2.25. The Balaban J connectivity index is 1.56. The van der Waals surface area contributed by atoms with Gasteiger partial charge in [-0.05, 0) is 50.5 Å². The van der Waals surface area contributed by atoms with E-state index in [1.165, 1.54) is 4.52 Å². The summed E-state index contributed by atoms with van der Waals surface area (Å²) in [6.45, 7) is 2.08. The maximum atomic E-state index is 13.0. The van der Waals surface area contributed by atoms with Crippen molar-refractivity contribution in [3.8, 4) is 11.4 Å². The van der Waals surface area contributed by atoms with E-state index < -0.39 is 0 Å². The van der Waals surface area contributed by atoms with Crippen molar-refractivity contribution in [1.29, 1.82) is 0 Å². The van der Waals surface area contributed by atoms with Gasteiger partial charge in [-0.3, -0.25) is 9.59 Å². The van der Waals surface area contributed by atoms with Crippen molar-refractivity contribution in [2.45, 2.75) is 32.7 Å². The Hall–Kier alpha value is -3.26. The lowest BCUT2D eigenvalue weighted by atomic mass is 10.1. The number of hydrogen-bond acceptors (Lipinski definition) is 4. The van der Waals surface area contributed by atoms with E-state index >= 15 is 0 Å². The molecule has 156 valence electrons. The van der Waals surface area contributed by atoms with E-state index in [-0.39, 0.29) is 18.0 Å². The summed E-state index contributed by atoms with van der Waals surface area (Å²) in [5.41, 5.74) is 4.15. The van der Waals surface area contributed by atoms with E-state index in [1.54, 1.807) is 0 Å². The van der Waals surface area contributed by atoms with Gasteiger partial charge in [-0.1, -0.05) is 45.8 Å². The average molecular weight is 478 g/mol. The van der Waals surface area contributed by atoms with Crippen LogP contribution in [0.15, 0.2) is 57.8 Å². The molecule has 1 aliphatic carbocycles. The number of benzene rings is 2. The zero-order valence-electron chi connectivity index (χ0n) is 16.9. The fourth-order valence-corrected chi connectivity index (χ4v) is 4.25. The van der Waals surface area contributed by atoms with Crippen LogP contribution in [0.3, 0.4) is 0 Å². The number of nitrogens with one attached hydrogen (secondary N) is 1. The molecule has 2 aromatic heterocycles. The van der Waals surface area contributed by atoms with Crippen LogP contribution >= 0.6 is 15.9 Å². The number of rotatable bonds is 4. The monoisotopic (exact) mass is 477 g/mol. The number of carbonyl (C=O) groups excluding carboxylic acids is 1. The molecule has 0 saturated carbocycles. The second kappa shape index (κ2) is 7.77. The largest absolute Gasteiger partial charge is 0.325 e. The van der Waals surface area contributed by atoms with Gasteiger partial charge < -0.3 is 9.88 Å². The van der Waals surface area contributed by atoms with Gasteiger partial charge in [0, 0.05) is 27.0 Å². The van der Waals surface area contributed by atoms with Crippen molar-refractivity contribution in [1.82, 2.24) is 19.2 Å². The molecule has 0 bridgehead atoms. The molecule has 2 heterocycles. The molecule has 0 fully saturated rings. The predicted molar refractivity (Wildman–Crippen MR) is 122 cm³/mol. The summed E-state index contributed by atoms with van der Waals surface area (Å²) in [6, 6.07) is 15.3. The van der Waals surface area contributed by atoms with Crippen LogP contribution in [0.1, 0.15) is 23.2 Å². The number of aromatic nitrogens is 4. The van der Waals surface area contributed by atoms with Gasteiger partial charge in [0.25, 0.3) is 5.56 Å². The number of halogens is 1. The zero-order valence-corrected chi connectivity index (χ0v) is 18.5. The fraction of sp³-hybridized carbons (Fsp3) is 0.217. The maximum Gasteiger partial charge on any atom is 0.279 e. The molecule has 1 N–H and O–H groups in total. The molecule has 0 spiro atoms. The Morgan fingerprint density at radius 2 is 1.84 bits per heavy atom. The van der Waals surface area contributed by atoms with E-state index in [2.05, 4.69) is 31.3 Å². The van der Waals surface area contributed by atoms with E-state index in [9.17, 15) is 9.59 Å². The zero-order chi connectivity index (χ0) is 21.5. The number of amides is 1. The lowest BCUT2D eigenvalue weighted by Gasteiger charge is -2.13. The van der Waals surface area contributed by atoms with Crippen LogP contribution in [0.25, 0.3) is 17.2 Å². The molecule has 0 saturated heterocycles. The lowest BCUT2D eigenvalue weighted by molar-refractivity contribution is -0.116. The summed E-state index contributed by atoms with van der Waals surface area (Å²) in [5.74, 6) is 0.692. The minimum atomic E-state index is -0.179. The van der Waals surface area contributed by atoms with Gasteiger partial charge in [-0.25, -0.2) is 0 Å². The van der Waals surface area contributed by atoms with Crippen LogP contribution in [0, 0.1) is 6.92 Å². The highest BCUT2D eigenvalue weighted by atomic mass is 79.9. The van der Waals surface area contributed by atoms with Crippen LogP contribution in [0.2, 0.25) is 0 Å². The van der Waals surface area contributed by atoms with Gasteiger partial charge in [0.2, 0.25) is 11.7 Å². The Labute approximate surface area is 186 Å². The third-order valence-electron chi connectivity index (χ3n) is 5.54. The molecule has 0 aliphatic heterocycles. The minimum absolute atomic E-state index is 0.0637. The van der Waals surface area contributed by atoms with Crippen LogP contribution in [-0.4, -0.2) is 25.1 Å². The topological polar surface area (TPSA) is 81.3 Å². The van der Waals surface area contributed by atoms with Gasteiger partial charge >= 0.3 is 0 Å². The van der Waals surface area contributed by atoms with Gasteiger partial charge in [0.15, 0.2) is 5.82 Å². The van der Waals surface area contributed by atoms with Gasteiger partial charge in [-0.2, -0.15) is 9.50 Å².